The molecule has 1 N–H and O–H groups in total. The molecule has 0 radical (unpaired) electrons. The average molecular weight is 383 g/mol. The molecule has 0 saturated carbocycles. The number of hydrogen-bond acceptors (Lipinski definition) is 5. The van der Waals surface area contributed by atoms with Gasteiger partial charge in [-0.25, -0.2) is 4.98 Å². The average Bonchev–Trinajstić information content (AvgIpc) is 3.18. The van der Waals surface area contributed by atoms with Crippen LogP contribution < -0.4 is 10.1 Å². The molecule has 0 amide bonds. The van der Waals surface area contributed by atoms with Gasteiger partial charge in [0.25, 0.3) is 0 Å². The number of anilines is 1. The van der Waals surface area contributed by atoms with Crippen molar-refractivity contribution in [2.24, 2.45) is 0 Å². The monoisotopic (exact) mass is 382 g/mol. The zero-order valence-electron chi connectivity index (χ0n) is 17.6. The van der Waals surface area contributed by atoms with Crippen molar-refractivity contribution in [2.45, 2.75) is 52.1 Å². The first-order chi connectivity index (χ1) is 13.6. The molecule has 3 heterocycles. The molecule has 2 aromatic rings. The maximum absolute atomic E-state index is 6.06. The lowest BCUT2D eigenvalue weighted by molar-refractivity contribution is 0.263. The third-order valence-electron chi connectivity index (χ3n) is 5.86. The number of aromatic nitrogens is 1. The minimum Gasteiger partial charge on any atom is -0.493 e. The maximum atomic E-state index is 6.06. The molecule has 2 aliphatic heterocycles. The van der Waals surface area contributed by atoms with E-state index in [2.05, 4.69) is 54.2 Å². The van der Waals surface area contributed by atoms with Crippen LogP contribution in [0.1, 0.15) is 44.2 Å². The van der Waals surface area contributed by atoms with Gasteiger partial charge < -0.3 is 19.9 Å². The second kappa shape index (κ2) is 8.66. The summed E-state index contributed by atoms with van der Waals surface area (Å²) in [5.74, 6) is 1.97. The maximum Gasteiger partial charge on any atom is 0.131 e. The lowest BCUT2D eigenvalue weighted by Gasteiger charge is -2.28. The van der Waals surface area contributed by atoms with E-state index in [-0.39, 0.29) is 0 Å². The summed E-state index contributed by atoms with van der Waals surface area (Å²) in [7, 11) is 2.19. The summed E-state index contributed by atoms with van der Waals surface area (Å²) >= 11 is 0. The van der Waals surface area contributed by atoms with Crippen LogP contribution in [0.3, 0.4) is 0 Å². The van der Waals surface area contributed by atoms with Gasteiger partial charge in [0.2, 0.25) is 0 Å². The van der Waals surface area contributed by atoms with E-state index in [1.807, 2.05) is 0 Å². The number of rotatable bonds is 7. The predicted octanol–water partition coefficient (Wildman–Crippen LogP) is 3.91. The number of benzene rings is 1. The topological polar surface area (TPSA) is 40.6 Å². The highest BCUT2D eigenvalue weighted by Gasteiger charge is 2.21. The summed E-state index contributed by atoms with van der Waals surface area (Å²) in [6.07, 6.45) is 4.87. The zero-order chi connectivity index (χ0) is 19.5. The Morgan fingerprint density at radius 2 is 1.96 bits per heavy atom. The molecule has 152 valence electrons. The van der Waals surface area contributed by atoms with E-state index >= 15 is 0 Å². The Balaban J connectivity index is 1.52. The van der Waals surface area contributed by atoms with Gasteiger partial charge in [-0.1, -0.05) is 0 Å². The molecule has 5 nitrogen and oxygen atoms in total. The molecule has 1 aromatic heterocycles. The SMILES string of the molecule is CC(C)Nc1nc2cc(OCCCN3CCCC3)ccc2c2c1CN(C)CC2. The molecule has 0 atom stereocenters. The number of ether oxygens (including phenoxy) is 1. The van der Waals surface area contributed by atoms with Crippen LogP contribution in [0.4, 0.5) is 5.82 Å². The van der Waals surface area contributed by atoms with Crippen molar-refractivity contribution < 1.29 is 4.74 Å². The quantitative estimate of drug-likeness (QED) is 0.736. The summed E-state index contributed by atoms with van der Waals surface area (Å²) in [5.41, 5.74) is 3.85. The van der Waals surface area contributed by atoms with E-state index in [9.17, 15) is 0 Å². The largest absolute Gasteiger partial charge is 0.493 e. The second-order valence-corrected chi connectivity index (χ2v) is 8.63. The van der Waals surface area contributed by atoms with Crippen molar-refractivity contribution >= 4 is 16.7 Å². The Morgan fingerprint density at radius 3 is 2.75 bits per heavy atom. The van der Waals surface area contributed by atoms with Crippen LogP contribution in [-0.2, 0) is 13.0 Å². The van der Waals surface area contributed by atoms with E-state index in [0.717, 1.165) is 56.2 Å². The van der Waals surface area contributed by atoms with Crippen molar-refractivity contribution in [3.8, 4) is 5.75 Å². The highest BCUT2D eigenvalue weighted by Crippen LogP contribution is 2.33. The third-order valence-corrected chi connectivity index (χ3v) is 5.86. The summed E-state index contributed by atoms with van der Waals surface area (Å²) in [6, 6.07) is 6.82. The smallest absolute Gasteiger partial charge is 0.131 e. The van der Waals surface area contributed by atoms with Crippen LogP contribution in [0.25, 0.3) is 10.9 Å². The fourth-order valence-corrected chi connectivity index (χ4v) is 4.43. The Bertz CT molecular complexity index is 814. The first-order valence-corrected chi connectivity index (χ1v) is 10.9. The molecular weight excluding hydrogens is 348 g/mol. The van der Waals surface area contributed by atoms with Gasteiger partial charge in [0.1, 0.15) is 11.6 Å². The molecule has 28 heavy (non-hydrogen) atoms. The van der Waals surface area contributed by atoms with Gasteiger partial charge in [-0.3, -0.25) is 0 Å². The molecule has 4 rings (SSSR count). The highest BCUT2D eigenvalue weighted by atomic mass is 16.5. The van der Waals surface area contributed by atoms with Gasteiger partial charge in [-0.05, 0) is 77.4 Å². The van der Waals surface area contributed by atoms with Gasteiger partial charge in [0.05, 0.1) is 12.1 Å². The molecule has 0 spiro atoms. The number of fused-ring (bicyclic) bond motifs is 3. The van der Waals surface area contributed by atoms with Crippen LogP contribution in [-0.4, -0.2) is 60.7 Å². The van der Waals surface area contributed by atoms with Crippen molar-refractivity contribution in [1.82, 2.24) is 14.8 Å². The van der Waals surface area contributed by atoms with Crippen LogP contribution in [0.5, 0.6) is 5.75 Å². The van der Waals surface area contributed by atoms with E-state index in [4.69, 9.17) is 9.72 Å². The van der Waals surface area contributed by atoms with Gasteiger partial charge in [-0.2, -0.15) is 0 Å². The van der Waals surface area contributed by atoms with Gasteiger partial charge in [-0.15, -0.1) is 0 Å². The molecule has 1 saturated heterocycles. The Labute approximate surface area is 169 Å². The first kappa shape index (κ1) is 19.5. The Morgan fingerprint density at radius 1 is 1.14 bits per heavy atom. The van der Waals surface area contributed by atoms with Gasteiger partial charge >= 0.3 is 0 Å². The van der Waals surface area contributed by atoms with Crippen LogP contribution in [0, 0.1) is 0 Å². The number of nitrogens with zero attached hydrogens (tertiary/aromatic N) is 3. The molecular formula is C23H34N4O. The number of nitrogens with one attached hydrogen (secondary N) is 1. The zero-order valence-corrected chi connectivity index (χ0v) is 17.6. The van der Waals surface area contributed by atoms with Crippen LogP contribution in [0.2, 0.25) is 0 Å². The molecule has 2 aliphatic rings. The van der Waals surface area contributed by atoms with E-state index < -0.39 is 0 Å². The number of likely N-dealkylation sites (N-methyl/N-ethyl adjacent to an activating group) is 1. The Hall–Kier alpha value is -1.85. The third kappa shape index (κ3) is 4.41. The fourth-order valence-electron chi connectivity index (χ4n) is 4.43. The lowest BCUT2D eigenvalue weighted by Crippen LogP contribution is -2.28. The first-order valence-electron chi connectivity index (χ1n) is 10.9. The fraction of sp³-hybridized carbons (Fsp3) is 0.609. The van der Waals surface area contributed by atoms with Crippen molar-refractivity contribution in [3.63, 3.8) is 0 Å². The summed E-state index contributed by atoms with van der Waals surface area (Å²) in [5, 5.41) is 4.84. The van der Waals surface area contributed by atoms with E-state index in [1.54, 1.807) is 0 Å². The molecule has 0 aliphatic carbocycles. The van der Waals surface area contributed by atoms with Crippen LogP contribution in [0.15, 0.2) is 18.2 Å². The minimum atomic E-state index is 0.367. The van der Waals surface area contributed by atoms with Crippen molar-refractivity contribution in [3.05, 3.63) is 29.3 Å². The number of hydrogen-bond donors (Lipinski definition) is 1. The molecule has 5 heteroatoms. The van der Waals surface area contributed by atoms with Crippen molar-refractivity contribution in [2.75, 3.05) is 45.2 Å². The van der Waals surface area contributed by atoms with E-state index in [1.165, 1.54) is 42.4 Å². The number of pyridine rings is 1. The minimum absolute atomic E-state index is 0.367. The normalized spacial score (nSPS) is 18.0. The second-order valence-electron chi connectivity index (χ2n) is 8.63. The van der Waals surface area contributed by atoms with Gasteiger partial charge in [0.15, 0.2) is 0 Å². The molecule has 1 aromatic carbocycles. The number of likely N-dealkylation sites (tertiary alicyclic amines) is 1. The van der Waals surface area contributed by atoms with Gasteiger partial charge in [0, 0.05) is 42.7 Å². The standard InChI is InChI=1S/C23H34N4O/c1-17(2)24-23-21-16-26(3)13-9-19(21)20-8-7-18(15-22(20)25-23)28-14-6-12-27-10-4-5-11-27/h7-8,15,17H,4-6,9-14,16H2,1-3H3,(H,24,25). The van der Waals surface area contributed by atoms with Crippen LogP contribution >= 0.6 is 0 Å². The lowest BCUT2D eigenvalue weighted by atomic mass is 9.96. The molecule has 1 fully saturated rings. The highest BCUT2D eigenvalue weighted by molar-refractivity contribution is 5.87. The summed E-state index contributed by atoms with van der Waals surface area (Å²) in [4.78, 5) is 9.90. The molecule has 0 bridgehead atoms. The van der Waals surface area contributed by atoms with Crippen molar-refractivity contribution in [1.29, 1.82) is 0 Å². The summed E-state index contributed by atoms with van der Waals surface area (Å²) < 4.78 is 6.06. The predicted molar refractivity (Wildman–Crippen MR) is 116 cm³/mol. The van der Waals surface area contributed by atoms with E-state index in [0.29, 0.717) is 6.04 Å². The Kier molecular flexibility index (Phi) is 6.02. The molecule has 0 unspecified atom stereocenters. The summed E-state index contributed by atoms with van der Waals surface area (Å²) in [6.45, 7) is 10.8.